The lowest BCUT2D eigenvalue weighted by molar-refractivity contribution is -0.496. The molecule has 0 aliphatic heterocycles. The Balaban J connectivity index is 3.00. The Kier molecular flexibility index (Phi) is 2.76. The van der Waals surface area contributed by atoms with E-state index in [2.05, 4.69) is 0 Å². The zero-order valence-corrected chi connectivity index (χ0v) is 6.94. The number of carbonyl (C=O) groups is 1. The molecule has 1 aromatic carbocycles. The fourth-order valence-electron chi connectivity index (χ4n) is 0.979. The number of halogens is 1. The maximum absolute atomic E-state index is 12.9. The van der Waals surface area contributed by atoms with Gasteiger partial charge in [0.05, 0.1) is 5.56 Å². The first-order valence-corrected chi connectivity index (χ1v) is 3.64. The molecule has 0 spiro atoms. The monoisotopic (exact) mass is 199 g/mol. The first-order valence-electron chi connectivity index (χ1n) is 3.64. The second kappa shape index (κ2) is 3.82. The van der Waals surface area contributed by atoms with E-state index in [1.807, 2.05) is 0 Å². The van der Waals surface area contributed by atoms with Gasteiger partial charge in [0.25, 0.3) is 0 Å². The third-order valence-electron chi connectivity index (χ3n) is 1.58. The van der Waals surface area contributed by atoms with Gasteiger partial charge in [-0.15, -0.1) is 0 Å². The Hall–Kier alpha value is -1.98. The molecule has 1 rings (SSSR count). The summed E-state index contributed by atoms with van der Waals surface area (Å²) in [5, 5.41) is 18.5. The molecule has 74 valence electrons. The molecule has 0 atom stereocenters. The first kappa shape index (κ1) is 10.1. The lowest BCUT2D eigenvalue weighted by atomic mass is 10.1. The number of carboxylic acids is 1. The molecule has 0 aromatic heterocycles. The van der Waals surface area contributed by atoms with Gasteiger partial charge in [-0.25, -0.2) is 9.18 Å². The summed E-state index contributed by atoms with van der Waals surface area (Å²) in [5.41, 5.74) is -0.352. The molecule has 0 radical (unpaired) electrons. The smallest absolute Gasteiger partial charge is 0.338 e. The standard InChI is InChI=1S/C8H6FNO4/c9-7-3-5(4-10(13)14)1-2-6(7)8(11)12/h1-3H,4H2,(H,11,12). The van der Waals surface area contributed by atoms with Crippen molar-refractivity contribution in [3.63, 3.8) is 0 Å². The second-order valence-corrected chi connectivity index (χ2v) is 2.61. The normalized spacial score (nSPS) is 9.79. The van der Waals surface area contributed by atoms with E-state index in [0.717, 1.165) is 12.1 Å². The van der Waals surface area contributed by atoms with E-state index in [4.69, 9.17) is 5.11 Å². The van der Waals surface area contributed by atoms with Gasteiger partial charge in [-0.05, 0) is 12.1 Å². The Bertz CT molecular complexity index is 391. The fourth-order valence-corrected chi connectivity index (χ4v) is 0.979. The van der Waals surface area contributed by atoms with Gasteiger partial charge in [0.2, 0.25) is 6.54 Å². The molecule has 14 heavy (non-hydrogen) atoms. The van der Waals surface area contributed by atoms with Gasteiger partial charge in [0.15, 0.2) is 0 Å². The van der Waals surface area contributed by atoms with Crippen LogP contribution in [-0.4, -0.2) is 16.0 Å². The second-order valence-electron chi connectivity index (χ2n) is 2.61. The van der Waals surface area contributed by atoms with E-state index in [0.29, 0.717) is 0 Å². The summed E-state index contributed by atoms with van der Waals surface area (Å²) in [4.78, 5) is 19.8. The largest absolute Gasteiger partial charge is 0.478 e. The number of nitro groups is 1. The van der Waals surface area contributed by atoms with E-state index < -0.39 is 28.8 Å². The minimum atomic E-state index is -1.39. The average molecular weight is 199 g/mol. The van der Waals surface area contributed by atoms with Crippen LogP contribution in [0.3, 0.4) is 0 Å². The molecule has 0 saturated carbocycles. The van der Waals surface area contributed by atoms with Crippen LogP contribution < -0.4 is 0 Å². The third kappa shape index (κ3) is 2.25. The minimum absolute atomic E-state index is 0.137. The summed E-state index contributed by atoms with van der Waals surface area (Å²) >= 11 is 0. The number of aromatic carboxylic acids is 1. The van der Waals surface area contributed by atoms with E-state index in [1.54, 1.807) is 0 Å². The molecule has 0 saturated heterocycles. The highest BCUT2D eigenvalue weighted by atomic mass is 19.1. The van der Waals surface area contributed by atoms with Crippen molar-refractivity contribution in [1.82, 2.24) is 0 Å². The zero-order chi connectivity index (χ0) is 10.7. The number of benzene rings is 1. The molecule has 6 heteroatoms. The van der Waals surface area contributed by atoms with Gasteiger partial charge in [-0.3, -0.25) is 10.1 Å². The van der Waals surface area contributed by atoms with Crippen molar-refractivity contribution in [3.05, 3.63) is 45.3 Å². The molecule has 0 aliphatic rings. The summed E-state index contributed by atoms with van der Waals surface area (Å²) < 4.78 is 12.9. The molecule has 0 fully saturated rings. The van der Waals surface area contributed by atoms with Crippen molar-refractivity contribution in [2.45, 2.75) is 6.54 Å². The quantitative estimate of drug-likeness (QED) is 0.587. The third-order valence-corrected chi connectivity index (χ3v) is 1.58. The van der Waals surface area contributed by atoms with Crippen molar-refractivity contribution in [2.75, 3.05) is 0 Å². The van der Waals surface area contributed by atoms with Crippen LogP contribution in [0.25, 0.3) is 0 Å². The number of rotatable bonds is 3. The van der Waals surface area contributed by atoms with Crippen LogP contribution in [0.4, 0.5) is 4.39 Å². The van der Waals surface area contributed by atoms with Crippen molar-refractivity contribution in [1.29, 1.82) is 0 Å². The van der Waals surface area contributed by atoms with Crippen LogP contribution >= 0.6 is 0 Å². The molecular weight excluding hydrogens is 193 g/mol. The van der Waals surface area contributed by atoms with Gasteiger partial charge in [0, 0.05) is 10.5 Å². The minimum Gasteiger partial charge on any atom is -0.478 e. The molecule has 0 unspecified atom stereocenters. The van der Waals surface area contributed by atoms with E-state index in [-0.39, 0.29) is 5.56 Å². The SMILES string of the molecule is O=C(O)c1ccc(C[N+](=O)[O-])cc1F. The van der Waals surface area contributed by atoms with E-state index >= 15 is 0 Å². The Morgan fingerprint density at radius 2 is 2.21 bits per heavy atom. The summed E-state index contributed by atoms with van der Waals surface area (Å²) in [6.45, 7) is -0.517. The van der Waals surface area contributed by atoms with Crippen LogP contribution in [0.5, 0.6) is 0 Å². The van der Waals surface area contributed by atoms with Crippen LogP contribution in [0, 0.1) is 15.9 Å². The summed E-state index contributed by atoms with van der Waals surface area (Å²) in [6, 6.07) is 3.08. The molecule has 0 aliphatic carbocycles. The molecular formula is C8H6FNO4. The topological polar surface area (TPSA) is 80.4 Å². The van der Waals surface area contributed by atoms with Crippen LogP contribution in [0.2, 0.25) is 0 Å². The predicted molar refractivity (Wildman–Crippen MR) is 44.1 cm³/mol. The van der Waals surface area contributed by atoms with Crippen LogP contribution in [0.1, 0.15) is 15.9 Å². The molecule has 0 heterocycles. The average Bonchev–Trinajstić information content (AvgIpc) is 2.01. The molecule has 1 aromatic rings. The summed E-state index contributed by atoms with van der Waals surface area (Å²) in [5.74, 6) is -2.35. The summed E-state index contributed by atoms with van der Waals surface area (Å²) in [6.07, 6.45) is 0. The maximum atomic E-state index is 12.9. The Morgan fingerprint density at radius 3 is 2.64 bits per heavy atom. The Labute approximate surface area is 77.9 Å². The number of nitrogens with zero attached hydrogens (tertiary/aromatic N) is 1. The van der Waals surface area contributed by atoms with Gasteiger partial charge < -0.3 is 5.11 Å². The van der Waals surface area contributed by atoms with E-state index in [1.165, 1.54) is 6.07 Å². The molecule has 0 bridgehead atoms. The number of hydrogen-bond donors (Lipinski definition) is 1. The fraction of sp³-hybridized carbons (Fsp3) is 0.125. The van der Waals surface area contributed by atoms with Crippen LogP contribution in [0.15, 0.2) is 18.2 Å². The van der Waals surface area contributed by atoms with Crippen molar-refractivity contribution in [2.24, 2.45) is 0 Å². The highest BCUT2D eigenvalue weighted by molar-refractivity contribution is 5.87. The van der Waals surface area contributed by atoms with Gasteiger partial charge in [0.1, 0.15) is 5.82 Å². The lowest BCUT2D eigenvalue weighted by Gasteiger charge is -1.98. The first-order chi connectivity index (χ1) is 6.50. The van der Waals surface area contributed by atoms with Gasteiger partial charge in [-0.2, -0.15) is 0 Å². The van der Waals surface area contributed by atoms with E-state index in [9.17, 15) is 19.3 Å². The summed E-state index contributed by atoms with van der Waals surface area (Å²) in [7, 11) is 0. The highest BCUT2D eigenvalue weighted by Gasteiger charge is 2.11. The Morgan fingerprint density at radius 1 is 1.57 bits per heavy atom. The van der Waals surface area contributed by atoms with Gasteiger partial charge in [-0.1, -0.05) is 6.07 Å². The molecule has 1 N–H and O–H groups in total. The van der Waals surface area contributed by atoms with Crippen LogP contribution in [-0.2, 0) is 6.54 Å². The van der Waals surface area contributed by atoms with Gasteiger partial charge >= 0.3 is 5.97 Å². The molecule has 0 amide bonds. The molecule has 5 nitrogen and oxygen atoms in total. The number of hydrogen-bond acceptors (Lipinski definition) is 3. The van der Waals surface area contributed by atoms with Crippen molar-refractivity contribution < 1.29 is 19.2 Å². The van der Waals surface area contributed by atoms with Crippen molar-refractivity contribution in [3.8, 4) is 0 Å². The predicted octanol–water partition coefficient (Wildman–Crippen LogP) is 1.30. The lowest BCUT2D eigenvalue weighted by Crippen LogP contribution is -2.03. The highest BCUT2D eigenvalue weighted by Crippen LogP contribution is 2.11. The maximum Gasteiger partial charge on any atom is 0.338 e. The number of carboxylic acid groups (broad SMARTS) is 1. The zero-order valence-electron chi connectivity index (χ0n) is 6.94. The van der Waals surface area contributed by atoms with Crippen molar-refractivity contribution >= 4 is 5.97 Å².